The zero-order valence-electron chi connectivity index (χ0n) is 8.57. The SMILES string of the molecule is O=C(CO)N[C@H]1CCCc2ccccc21. The minimum atomic E-state index is -0.432. The number of rotatable bonds is 2. The predicted octanol–water partition coefficient (Wildman–Crippen LogP) is 1.17. The zero-order chi connectivity index (χ0) is 10.7. The lowest BCUT2D eigenvalue weighted by atomic mass is 9.88. The molecule has 0 aromatic heterocycles. The number of hydrogen-bond donors (Lipinski definition) is 2. The molecule has 0 fully saturated rings. The van der Waals surface area contributed by atoms with Crippen LogP contribution in [0.15, 0.2) is 24.3 Å². The molecular formula is C12H15NO2. The van der Waals surface area contributed by atoms with Crippen LogP contribution in [0.3, 0.4) is 0 Å². The van der Waals surface area contributed by atoms with E-state index >= 15 is 0 Å². The Balaban J connectivity index is 2.18. The van der Waals surface area contributed by atoms with Crippen molar-refractivity contribution in [3.8, 4) is 0 Å². The number of aryl methyl sites for hydroxylation is 1. The van der Waals surface area contributed by atoms with Gasteiger partial charge >= 0.3 is 0 Å². The predicted molar refractivity (Wildman–Crippen MR) is 57.3 cm³/mol. The van der Waals surface area contributed by atoms with Crippen LogP contribution >= 0.6 is 0 Å². The van der Waals surface area contributed by atoms with Crippen LogP contribution in [0.2, 0.25) is 0 Å². The second kappa shape index (κ2) is 4.45. The fourth-order valence-corrected chi connectivity index (χ4v) is 2.14. The molecule has 1 atom stereocenters. The summed E-state index contributed by atoms with van der Waals surface area (Å²) < 4.78 is 0. The molecule has 2 N–H and O–H groups in total. The topological polar surface area (TPSA) is 49.3 Å². The Morgan fingerprint density at radius 3 is 3.07 bits per heavy atom. The van der Waals surface area contributed by atoms with Crippen molar-refractivity contribution in [3.63, 3.8) is 0 Å². The lowest BCUT2D eigenvalue weighted by Crippen LogP contribution is -2.32. The largest absolute Gasteiger partial charge is 0.387 e. The normalized spacial score (nSPS) is 19.4. The number of benzene rings is 1. The van der Waals surface area contributed by atoms with Crippen molar-refractivity contribution in [3.05, 3.63) is 35.4 Å². The summed E-state index contributed by atoms with van der Waals surface area (Å²) in [6.07, 6.45) is 3.14. The van der Waals surface area contributed by atoms with Gasteiger partial charge in [0.25, 0.3) is 0 Å². The second-order valence-corrected chi connectivity index (χ2v) is 3.87. The lowest BCUT2D eigenvalue weighted by molar-refractivity contribution is -0.124. The van der Waals surface area contributed by atoms with Gasteiger partial charge in [-0.15, -0.1) is 0 Å². The first kappa shape index (κ1) is 10.2. The summed E-state index contributed by atoms with van der Waals surface area (Å²) in [5, 5.41) is 11.5. The number of amides is 1. The molecule has 2 rings (SSSR count). The zero-order valence-corrected chi connectivity index (χ0v) is 8.57. The molecule has 1 aromatic carbocycles. The molecule has 0 saturated heterocycles. The lowest BCUT2D eigenvalue weighted by Gasteiger charge is -2.26. The van der Waals surface area contributed by atoms with Gasteiger partial charge in [0.1, 0.15) is 6.61 Å². The summed E-state index contributed by atoms with van der Waals surface area (Å²) in [4.78, 5) is 11.1. The molecule has 15 heavy (non-hydrogen) atoms. The van der Waals surface area contributed by atoms with Crippen LogP contribution in [0, 0.1) is 0 Å². The van der Waals surface area contributed by atoms with Crippen molar-refractivity contribution in [1.82, 2.24) is 5.32 Å². The van der Waals surface area contributed by atoms with E-state index in [0.29, 0.717) is 0 Å². The first-order valence-corrected chi connectivity index (χ1v) is 5.29. The maximum Gasteiger partial charge on any atom is 0.246 e. The summed E-state index contributed by atoms with van der Waals surface area (Å²) in [5.41, 5.74) is 2.51. The van der Waals surface area contributed by atoms with Crippen molar-refractivity contribution >= 4 is 5.91 Å². The minimum absolute atomic E-state index is 0.0783. The van der Waals surface area contributed by atoms with Crippen LogP contribution in [0.4, 0.5) is 0 Å². The third kappa shape index (κ3) is 2.18. The molecule has 0 spiro atoms. The molecule has 1 aliphatic carbocycles. The Labute approximate surface area is 89.1 Å². The number of hydrogen-bond acceptors (Lipinski definition) is 2. The summed E-state index contributed by atoms with van der Waals surface area (Å²) in [6, 6.07) is 8.25. The average molecular weight is 205 g/mol. The third-order valence-corrected chi connectivity index (χ3v) is 2.85. The highest BCUT2D eigenvalue weighted by Crippen LogP contribution is 2.29. The Kier molecular flexibility index (Phi) is 3.02. The highest BCUT2D eigenvalue weighted by atomic mass is 16.3. The molecule has 1 aromatic rings. The number of aliphatic hydroxyl groups is 1. The van der Waals surface area contributed by atoms with Crippen LogP contribution in [0.25, 0.3) is 0 Å². The van der Waals surface area contributed by atoms with Gasteiger partial charge in [-0.1, -0.05) is 24.3 Å². The minimum Gasteiger partial charge on any atom is -0.387 e. The summed E-state index contributed by atoms with van der Waals surface area (Å²) in [6.45, 7) is -0.432. The molecule has 0 radical (unpaired) electrons. The number of carbonyl (C=O) groups excluding carboxylic acids is 1. The number of nitrogens with one attached hydrogen (secondary N) is 1. The van der Waals surface area contributed by atoms with Crippen LogP contribution < -0.4 is 5.32 Å². The van der Waals surface area contributed by atoms with Crippen LogP contribution in [0.5, 0.6) is 0 Å². The first-order chi connectivity index (χ1) is 7.31. The van der Waals surface area contributed by atoms with Gasteiger partial charge < -0.3 is 10.4 Å². The van der Waals surface area contributed by atoms with E-state index in [1.165, 1.54) is 11.1 Å². The first-order valence-electron chi connectivity index (χ1n) is 5.29. The Morgan fingerprint density at radius 1 is 1.47 bits per heavy atom. The monoisotopic (exact) mass is 205 g/mol. The van der Waals surface area contributed by atoms with Gasteiger partial charge in [-0.2, -0.15) is 0 Å². The molecule has 3 heteroatoms. The van der Waals surface area contributed by atoms with Gasteiger partial charge in [-0.05, 0) is 30.4 Å². The Morgan fingerprint density at radius 2 is 2.27 bits per heavy atom. The highest BCUT2D eigenvalue weighted by molar-refractivity contribution is 5.77. The third-order valence-electron chi connectivity index (χ3n) is 2.85. The van der Waals surface area contributed by atoms with Gasteiger partial charge in [0.05, 0.1) is 6.04 Å². The van der Waals surface area contributed by atoms with Gasteiger partial charge in [-0.3, -0.25) is 4.79 Å². The number of fused-ring (bicyclic) bond motifs is 1. The van der Waals surface area contributed by atoms with Crippen molar-refractivity contribution in [2.45, 2.75) is 25.3 Å². The number of carbonyl (C=O) groups is 1. The van der Waals surface area contributed by atoms with Crippen molar-refractivity contribution in [1.29, 1.82) is 0 Å². The Hall–Kier alpha value is -1.35. The van der Waals surface area contributed by atoms with Gasteiger partial charge in [-0.25, -0.2) is 0 Å². The van der Waals surface area contributed by atoms with Gasteiger partial charge in [0.2, 0.25) is 5.91 Å². The Bertz CT molecular complexity index is 362. The highest BCUT2D eigenvalue weighted by Gasteiger charge is 2.20. The molecule has 3 nitrogen and oxygen atoms in total. The van der Waals surface area contributed by atoms with Crippen molar-refractivity contribution in [2.24, 2.45) is 0 Å². The van der Waals surface area contributed by atoms with Crippen molar-refractivity contribution in [2.75, 3.05) is 6.61 Å². The molecule has 0 bridgehead atoms. The average Bonchev–Trinajstić information content (AvgIpc) is 2.29. The van der Waals surface area contributed by atoms with E-state index in [0.717, 1.165) is 19.3 Å². The van der Waals surface area contributed by atoms with E-state index in [9.17, 15) is 4.79 Å². The fourth-order valence-electron chi connectivity index (χ4n) is 2.14. The molecular weight excluding hydrogens is 190 g/mol. The smallest absolute Gasteiger partial charge is 0.246 e. The maximum absolute atomic E-state index is 11.1. The molecule has 1 aliphatic rings. The quantitative estimate of drug-likeness (QED) is 0.761. The van der Waals surface area contributed by atoms with E-state index in [-0.39, 0.29) is 11.9 Å². The summed E-state index contributed by atoms with van der Waals surface area (Å²) in [7, 11) is 0. The van der Waals surface area contributed by atoms with Crippen molar-refractivity contribution < 1.29 is 9.90 Å². The van der Waals surface area contributed by atoms with E-state index in [4.69, 9.17) is 5.11 Å². The van der Waals surface area contributed by atoms with E-state index in [1.807, 2.05) is 12.1 Å². The fraction of sp³-hybridized carbons (Fsp3) is 0.417. The van der Waals surface area contributed by atoms with Crippen LogP contribution in [-0.4, -0.2) is 17.6 Å². The molecule has 1 amide bonds. The van der Waals surface area contributed by atoms with Crippen LogP contribution in [-0.2, 0) is 11.2 Å². The second-order valence-electron chi connectivity index (χ2n) is 3.87. The molecule has 0 unspecified atom stereocenters. The van der Waals surface area contributed by atoms with Crippen LogP contribution in [0.1, 0.15) is 30.0 Å². The standard InChI is InChI=1S/C12H15NO2/c14-8-12(15)13-11-7-3-5-9-4-1-2-6-10(9)11/h1-2,4,6,11,14H,3,5,7-8H2,(H,13,15)/t11-/m0/s1. The maximum atomic E-state index is 11.1. The van der Waals surface area contributed by atoms with E-state index < -0.39 is 6.61 Å². The van der Waals surface area contributed by atoms with E-state index in [2.05, 4.69) is 17.4 Å². The molecule has 80 valence electrons. The van der Waals surface area contributed by atoms with Gasteiger partial charge in [0.15, 0.2) is 0 Å². The van der Waals surface area contributed by atoms with Gasteiger partial charge in [0, 0.05) is 0 Å². The molecule has 0 aliphatic heterocycles. The molecule has 0 heterocycles. The molecule has 0 saturated carbocycles. The number of aliphatic hydroxyl groups excluding tert-OH is 1. The summed E-state index contributed by atoms with van der Waals surface area (Å²) in [5.74, 6) is -0.295. The summed E-state index contributed by atoms with van der Waals surface area (Å²) >= 11 is 0. The van der Waals surface area contributed by atoms with E-state index in [1.54, 1.807) is 0 Å².